The number of hydrogen-bond donors (Lipinski definition) is 0. The summed E-state index contributed by atoms with van der Waals surface area (Å²) < 4.78 is 10.8. The van der Waals surface area contributed by atoms with E-state index in [0.29, 0.717) is 12.5 Å². The van der Waals surface area contributed by atoms with Crippen molar-refractivity contribution < 1.29 is 14.3 Å². The lowest BCUT2D eigenvalue weighted by atomic mass is 9.78. The first-order valence-corrected chi connectivity index (χ1v) is 7.50. The summed E-state index contributed by atoms with van der Waals surface area (Å²) in [5, 5.41) is 0. The number of nitrogens with zero attached hydrogens (tertiary/aromatic N) is 1. The number of carbonyl (C=O) groups is 1. The van der Waals surface area contributed by atoms with Crippen molar-refractivity contribution in [2.45, 2.75) is 38.6 Å². The number of fused-ring (bicyclic) bond motifs is 1. The van der Waals surface area contributed by atoms with E-state index in [1.165, 1.54) is 5.56 Å². The van der Waals surface area contributed by atoms with Crippen LogP contribution in [0.25, 0.3) is 0 Å². The summed E-state index contributed by atoms with van der Waals surface area (Å²) in [6, 6.07) is 4.08. The first-order chi connectivity index (χ1) is 9.96. The van der Waals surface area contributed by atoms with Gasteiger partial charge in [-0.25, -0.2) is 0 Å². The zero-order valence-electron chi connectivity index (χ0n) is 13.2. The van der Waals surface area contributed by atoms with Crippen LogP contribution in [0.1, 0.15) is 37.8 Å². The second kappa shape index (κ2) is 4.93. The molecule has 1 aromatic carbocycles. The van der Waals surface area contributed by atoms with Gasteiger partial charge in [-0.1, -0.05) is 13.8 Å². The second-order valence-electron chi connectivity index (χ2n) is 6.72. The van der Waals surface area contributed by atoms with E-state index < -0.39 is 0 Å². The molecule has 0 atom stereocenters. The molecule has 1 saturated carbocycles. The Balaban J connectivity index is 1.99. The summed E-state index contributed by atoms with van der Waals surface area (Å²) >= 11 is 0. The molecule has 1 aliphatic carbocycles. The quantitative estimate of drug-likeness (QED) is 0.859. The maximum atomic E-state index is 12.4. The maximum Gasteiger partial charge on any atom is 0.226 e. The molecule has 0 N–H and O–H groups in total. The fourth-order valence-electron chi connectivity index (χ4n) is 3.25. The molecule has 1 aromatic rings. The van der Waals surface area contributed by atoms with Crippen molar-refractivity contribution in [1.82, 2.24) is 4.90 Å². The fraction of sp³-hybridized carbons (Fsp3) is 0.588. The van der Waals surface area contributed by atoms with Crippen LogP contribution in [0, 0.1) is 5.92 Å². The Morgan fingerprint density at radius 3 is 2.38 bits per heavy atom. The topological polar surface area (TPSA) is 38.8 Å². The van der Waals surface area contributed by atoms with Crippen LogP contribution in [0.3, 0.4) is 0 Å². The predicted molar refractivity (Wildman–Crippen MR) is 80.7 cm³/mol. The summed E-state index contributed by atoms with van der Waals surface area (Å²) in [7, 11) is 3.30. The molecule has 0 spiro atoms. The van der Waals surface area contributed by atoms with Crippen LogP contribution in [0.15, 0.2) is 12.1 Å². The molecule has 4 nitrogen and oxygen atoms in total. The first kappa shape index (κ1) is 14.2. The maximum absolute atomic E-state index is 12.4. The van der Waals surface area contributed by atoms with Crippen LogP contribution in [-0.4, -0.2) is 31.6 Å². The average molecular weight is 289 g/mol. The van der Waals surface area contributed by atoms with Gasteiger partial charge in [0.25, 0.3) is 0 Å². The molecule has 0 radical (unpaired) electrons. The Bertz CT molecular complexity index is 576. The van der Waals surface area contributed by atoms with Crippen LogP contribution >= 0.6 is 0 Å². The SMILES string of the molecule is COc1cc2c(cc1OC)C(C)(C)CN(C(=O)C1CC1)C2. The average Bonchev–Trinajstić information content (AvgIpc) is 3.29. The van der Waals surface area contributed by atoms with Crippen LogP contribution in [0.4, 0.5) is 0 Å². The summed E-state index contributed by atoms with van der Waals surface area (Å²) in [6.07, 6.45) is 2.10. The van der Waals surface area contributed by atoms with E-state index in [1.807, 2.05) is 11.0 Å². The van der Waals surface area contributed by atoms with E-state index in [0.717, 1.165) is 36.4 Å². The molecule has 21 heavy (non-hydrogen) atoms. The van der Waals surface area contributed by atoms with Gasteiger partial charge in [-0.15, -0.1) is 0 Å². The van der Waals surface area contributed by atoms with E-state index in [4.69, 9.17) is 9.47 Å². The molecule has 0 bridgehead atoms. The highest BCUT2D eigenvalue weighted by Crippen LogP contribution is 2.41. The predicted octanol–water partition coefficient (Wildman–Crippen LogP) is 2.73. The van der Waals surface area contributed by atoms with Gasteiger partial charge in [-0.2, -0.15) is 0 Å². The molecule has 3 rings (SSSR count). The van der Waals surface area contributed by atoms with Crippen LogP contribution in [0.2, 0.25) is 0 Å². The molecule has 1 heterocycles. The van der Waals surface area contributed by atoms with Crippen molar-refractivity contribution in [1.29, 1.82) is 0 Å². The minimum atomic E-state index is -0.0717. The van der Waals surface area contributed by atoms with Gasteiger partial charge in [0.05, 0.1) is 14.2 Å². The minimum absolute atomic E-state index is 0.0717. The van der Waals surface area contributed by atoms with Crippen LogP contribution in [-0.2, 0) is 16.8 Å². The molecule has 0 saturated heterocycles. The molecule has 1 fully saturated rings. The van der Waals surface area contributed by atoms with E-state index in [1.54, 1.807) is 14.2 Å². The van der Waals surface area contributed by atoms with E-state index in [9.17, 15) is 4.79 Å². The number of hydrogen-bond acceptors (Lipinski definition) is 3. The van der Waals surface area contributed by atoms with Gasteiger partial charge in [0.2, 0.25) is 5.91 Å². The van der Waals surface area contributed by atoms with Crippen molar-refractivity contribution >= 4 is 5.91 Å². The highest BCUT2D eigenvalue weighted by molar-refractivity contribution is 5.81. The highest BCUT2D eigenvalue weighted by atomic mass is 16.5. The third kappa shape index (κ3) is 2.47. The van der Waals surface area contributed by atoms with Gasteiger partial charge in [-0.05, 0) is 36.1 Å². The monoisotopic (exact) mass is 289 g/mol. The Kier molecular flexibility index (Phi) is 3.34. The van der Waals surface area contributed by atoms with Crippen LogP contribution < -0.4 is 9.47 Å². The number of methoxy groups -OCH3 is 2. The largest absolute Gasteiger partial charge is 0.493 e. The third-order valence-electron chi connectivity index (χ3n) is 4.52. The summed E-state index contributed by atoms with van der Waals surface area (Å²) in [4.78, 5) is 14.4. The zero-order chi connectivity index (χ0) is 15.2. The molecule has 1 amide bonds. The van der Waals surface area contributed by atoms with E-state index in [-0.39, 0.29) is 11.3 Å². The molecule has 2 aliphatic rings. The van der Waals surface area contributed by atoms with Gasteiger partial charge in [0.15, 0.2) is 11.5 Å². The van der Waals surface area contributed by atoms with Crippen molar-refractivity contribution in [3.8, 4) is 11.5 Å². The normalized spacial score (nSPS) is 19.9. The molecule has 114 valence electrons. The third-order valence-corrected chi connectivity index (χ3v) is 4.52. The fourth-order valence-corrected chi connectivity index (χ4v) is 3.25. The molecule has 4 heteroatoms. The first-order valence-electron chi connectivity index (χ1n) is 7.50. The molecule has 0 unspecified atom stereocenters. The van der Waals surface area contributed by atoms with Gasteiger partial charge in [-0.3, -0.25) is 4.79 Å². The summed E-state index contributed by atoms with van der Waals surface area (Å²) in [5.74, 6) is 2.06. The van der Waals surface area contributed by atoms with Crippen molar-refractivity contribution in [3.63, 3.8) is 0 Å². The van der Waals surface area contributed by atoms with Crippen LogP contribution in [0.5, 0.6) is 11.5 Å². The lowest BCUT2D eigenvalue weighted by Gasteiger charge is -2.40. The molecule has 1 aliphatic heterocycles. The molecular weight excluding hydrogens is 266 g/mol. The van der Waals surface area contributed by atoms with Crippen molar-refractivity contribution in [2.24, 2.45) is 5.92 Å². The number of carbonyl (C=O) groups excluding carboxylic acids is 1. The lowest BCUT2D eigenvalue weighted by Crippen LogP contribution is -2.45. The van der Waals surface area contributed by atoms with Gasteiger partial charge >= 0.3 is 0 Å². The van der Waals surface area contributed by atoms with Gasteiger partial charge < -0.3 is 14.4 Å². The Morgan fingerprint density at radius 1 is 1.19 bits per heavy atom. The smallest absolute Gasteiger partial charge is 0.226 e. The van der Waals surface area contributed by atoms with Gasteiger partial charge in [0.1, 0.15) is 0 Å². The lowest BCUT2D eigenvalue weighted by molar-refractivity contribution is -0.134. The zero-order valence-corrected chi connectivity index (χ0v) is 13.2. The van der Waals surface area contributed by atoms with E-state index in [2.05, 4.69) is 19.9 Å². The van der Waals surface area contributed by atoms with Gasteiger partial charge in [0, 0.05) is 24.4 Å². The standard InChI is InChI=1S/C17H23NO3/c1-17(2)10-18(16(19)11-5-6-11)9-12-7-14(20-3)15(21-4)8-13(12)17/h7-8,11H,5-6,9-10H2,1-4H3. The Hall–Kier alpha value is -1.71. The van der Waals surface area contributed by atoms with Crippen molar-refractivity contribution in [3.05, 3.63) is 23.3 Å². The second-order valence-corrected chi connectivity index (χ2v) is 6.72. The Labute approximate surface area is 126 Å². The van der Waals surface area contributed by atoms with E-state index >= 15 is 0 Å². The number of rotatable bonds is 3. The van der Waals surface area contributed by atoms with Crippen molar-refractivity contribution in [2.75, 3.05) is 20.8 Å². The minimum Gasteiger partial charge on any atom is -0.493 e. The number of benzene rings is 1. The summed E-state index contributed by atoms with van der Waals surface area (Å²) in [6.45, 7) is 5.81. The highest BCUT2D eigenvalue weighted by Gasteiger charge is 2.39. The summed E-state index contributed by atoms with van der Waals surface area (Å²) in [5.41, 5.74) is 2.34. The number of ether oxygens (including phenoxy) is 2. The molecular formula is C17H23NO3. The Morgan fingerprint density at radius 2 is 1.81 bits per heavy atom. The molecule has 0 aromatic heterocycles. The number of amides is 1.